The molecule has 4 N–H and O–H groups in total. The lowest BCUT2D eigenvalue weighted by Crippen LogP contribution is -2.34. The number of aromatic amines is 1. The number of aromatic nitrogens is 2. The minimum Gasteiger partial charge on any atom is -0.441 e. The number of carbonyl (C=O) groups is 2. The number of pyridine rings is 1. The molecule has 4 rings (SSSR count). The third-order valence-corrected chi connectivity index (χ3v) is 5.06. The number of carbonyl (C=O) groups excluding carboxylic acids is 2. The van der Waals surface area contributed by atoms with Crippen molar-refractivity contribution in [3.63, 3.8) is 0 Å². The van der Waals surface area contributed by atoms with E-state index in [0.717, 1.165) is 12.0 Å². The van der Waals surface area contributed by atoms with E-state index in [0.29, 0.717) is 35.7 Å². The topological polar surface area (TPSA) is 131 Å². The van der Waals surface area contributed by atoms with Crippen molar-refractivity contribution in [3.05, 3.63) is 75.0 Å². The van der Waals surface area contributed by atoms with Gasteiger partial charge in [-0.15, -0.1) is 0 Å². The molecule has 0 radical (unpaired) electrons. The van der Waals surface area contributed by atoms with Crippen LogP contribution >= 0.6 is 0 Å². The summed E-state index contributed by atoms with van der Waals surface area (Å²) in [6.45, 7) is 1.69. The molecule has 2 aromatic heterocycles. The Bertz CT molecular complexity index is 1150. The van der Waals surface area contributed by atoms with Crippen molar-refractivity contribution in [1.82, 2.24) is 15.3 Å². The van der Waals surface area contributed by atoms with Crippen molar-refractivity contribution in [2.24, 2.45) is 5.73 Å². The lowest BCUT2D eigenvalue weighted by molar-refractivity contribution is 0.0926. The van der Waals surface area contributed by atoms with Gasteiger partial charge in [0.05, 0.1) is 6.04 Å². The Balaban J connectivity index is 1.62. The van der Waals surface area contributed by atoms with Crippen LogP contribution in [-0.4, -0.2) is 21.8 Å². The molecule has 2 heterocycles. The number of benzene rings is 1. The molecule has 2 amide bonds. The van der Waals surface area contributed by atoms with E-state index in [9.17, 15) is 14.4 Å². The number of nitrogens with two attached hydrogens (primary N) is 1. The molecule has 8 heteroatoms. The minimum atomic E-state index is -0.801. The average Bonchev–Trinajstić information content (AvgIpc) is 3.10. The Kier molecular flexibility index (Phi) is 4.75. The van der Waals surface area contributed by atoms with E-state index in [2.05, 4.69) is 15.3 Å². The first-order chi connectivity index (χ1) is 13.9. The largest absolute Gasteiger partial charge is 0.441 e. The van der Waals surface area contributed by atoms with Gasteiger partial charge in [0.15, 0.2) is 5.69 Å². The van der Waals surface area contributed by atoms with E-state index in [-0.39, 0.29) is 23.2 Å². The number of primary amides is 1. The Morgan fingerprint density at radius 3 is 2.76 bits per heavy atom. The van der Waals surface area contributed by atoms with Gasteiger partial charge < -0.3 is 20.5 Å². The summed E-state index contributed by atoms with van der Waals surface area (Å²) in [5.41, 5.74) is 7.05. The summed E-state index contributed by atoms with van der Waals surface area (Å²) in [5.74, 6) is -0.392. The molecule has 29 heavy (non-hydrogen) atoms. The maximum absolute atomic E-state index is 12.9. The monoisotopic (exact) mass is 392 g/mol. The van der Waals surface area contributed by atoms with Crippen molar-refractivity contribution in [2.45, 2.75) is 32.2 Å². The number of nitrogens with zero attached hydrogens (tertiary/aromatic N) is 1. The first-order valence-electron chi connectivity index (χ1n) is 9.33. The van der Waals surface area contributed by atoms with Gasteiger partial charge in [0, 0.05) is 11.3 Å². The Hall–Kier alpha value is -3.68. The summed E-state index contributed by atoms with van der Waals surface area (Å²) >= 11 is 0. The summed E-state index contributed by atoms with van der Waals surface area (Å²) < 4.78 is 5.67. The molecule has 0 fully saturated rings. The molecule has 1 atom stereocenters. The fourth-order valence-corrected chi connectivity index (χ4v) is 3.61. The van der Waals surface area contributed by atoms with Crippen LogP contribution in [0, 0.1) is 6.92 Å². The number of hydrogen-bond acceptors (Lipinski definition) is 5. The van der Waals surface area contributed by atoms with Crippen LogP contribution in [-0.2, 0) is 6.42 Å². The molecule has 3 aromatic rings. The van der Waals surface area contributed by atoms with Gasteiger partial charge in [0.25, 0.3) is 17.4 Å². The third kappa shape index (κ3) is 3.56. The smallest absolute Gasteiger partial charge is 0.274 e. The van der Waals surface area contributed by atoms with E-state index >= 15 is 0 Å². The van der Waals surface area contributed by atoms with Crippen molar-refractivity contribution < 1.29 is 14.0 Å². The molecule has 1 aliphatic carbocycles. The molecule has 0 bridgehead atoms. The second kappa shape index (κ2) is 7.38. The van der Waals surface area contributed by atoms with E-state index in [1.54, 1.807) is 6.92 Å². The van der Waals surface area contributed by atoms with Crippen molar-refractivity contribution >= 4 is 11.8 Å². The second-order valence-electron chi connectivity index (χ2n) is 7.02. The van der Waals surface area contributed by atoms with Crippen LogP contribution in [0.15, 0.2) is 45.6 Å². The van der Waals surface area contributed by atoms with Gasteiger partial charge in [0.1, 0.15) is 11.3 Å². The van der Waals surface area contributed by atoms with Crippen molar-refractivity contribution in [2.75, 3.05) is 0 Å². The number of amides is 2. The van der Waals surface area contributed by atoms with Gasteiger partial charge in [-0.05, 0) is 49.9 Å². The highest BCUT2D eigenvalue weighted by Crippen LogP contribution is 2.29. The van der Waals surface area contributed by atoms with Crippen LogP contribution in [0.5, 0.6) is 0 Å². The lowest BCUT2D eigenvalue weighted by atomic mass is 9.90. The number of oxazole rings is 1. The molecular weight excluding hydrogens is 372 g/mol. The maximum atomic E-state index is 12.9. The first kappa shape index (κ1) is 18.7. The van der Waals surface area contributed by atoms with Gasteiger partial charge in [-0.1, -0.05) is 18.2 Å². The summed E-state index contributed by atoms with van der Waals surface area (Å²) in [6, 6.07) is 10.4. The minimum absolute atomic E-state index is 0.117. The van der Waals surface area contributed by atoms with E-state index in [4.69, 9.17) is 10.2 Å². The van der Waals surface area contributed by atoms with Gasteiger partial charge in [-0.3, -0.25) is 14.4 Å². The maximum Gasteiger partial charge on any atom is 0.274 e. The fraction of sp³-hybridized carbons (Fsp3) is 0.238. The number of rotatable bonds is 4. The number of nitrogens with one attached hydrogen (secondary N) is 2. The summed E-state index contributed by atoms with van der Waals surface area (Å²) in [7, 11) is 0. The number of hydrogen-bond donors (Lipinski definition) is 3. The quantitative estimate of drug-likeness (QED) is 0.627. The number of H-pyrrole nitrogens is 1. The molecule has 1 aromatic carbocycles. The normalized spacial score (nSPS) is 15.6. The zero-order valence-corrected chi connectivity index (χ0v) is 15.8. The highest BCUT2D eigenvalue weighted by molar-refractivity contribution is 5.94. The molecular formula is C21H20N4O4. The predicted octanol–water partition coefficient (Wildman–Crippen LogP) is 2.24. The van der Waals surface area contributed by atoms with E-state index in [1.807, 2.05) is 30.3 Å². The van der Waals surface area contributed by atoms with Crippen molar-refractivity contribution in [1.29, 1.82) is 0 Å². The highest BCUT2D eigenvalue weighted by Gasteiger charge is 2.27. The summed E-state index contributed by atoms with van der Waals surface area (Å²) in [4.78, 5) is 43.5. The van der Waals surface area contributed by atoms with Gasteiger partial charge in [-0.25, -0.2) is 4.98 Å². The van der Waals surface area contributed by atoms with Gasteiger partial charge in [-0.2, -0.15) is 0 Å². The molecule has 148 valence electrons. The number of fused-ring (bicyclic) bond motifs is 1. The predicted molar refractivity (Wildman–Crippen MR) is 105 cm³/mol. The first-order valence-corrected chi connectivity index (χ1v) is 9.33. The molecule has 0 aliphatic heterocycles. The van der Waals surface area contributed by atoms with Crippen molar-refractivity contribution in [3.8, 4) is 11.5 Å². The Morgan fingerprint density at radius 1 is 1.28 bits per heavy atom. The molecule has 1 unspecified atom stereocenters. The molecule has 1 aliphatic rings. The average molecular weight is 392 g/mol. The van der Waals surface area contributed by atoms with E-state index in [1.165, 1.54) is 6.07 Å². The molecule has 0 saturated heterocycles. The van der Waals surface area contributed by atoms with Gasteiger partial charge >= 0.3 is 0 Å². The Morgan fingerprint density at radius 2 is 2.03 bits per heavy atom. The molecule has 8 nitrogen and oxygen atoms in total. The van der Waals surface area contributed by atoms with E-state index < -0.39 is 11.5 Å². The Labute approximate surface area is 166 Å². The summed E-state index contributed by atoms with van der Waals surface area (Å²) in [6.07, 6.45) is 2.12. The number of aryl methyl sites for hydroxylation is 2. The van der Waals surface area contributed by atoms with Crippen LogP contribution < -0.4 is 16.6 Å². The van der Waals surface area contributed by atoms with Crippen LogP contribution in [0.25, 0.3) is 11.5 Å². The highest BCUT2D eigenvalue weighted by atomic mass is 16.4. The van der Waals surface area contributed by atoms with Crippen LogP contribution in [0.1, 0.15) is 56.7 Å². The summed E-state index contributed by atoms with van der Waals surface area (Å²) in [5, 5.41) is 2.95. The lowest BCUT2D eigenvalue weighted by Gasteiger charge is -2.26. The molecule has 0 saturated carbocycles. The third-order valence-electron chi connectivity index (χ3n) is 5.06. The molecule has 0 spiro atoms. The zero-order valence-electron chi connectivity index (χ0n) is 15.8. The van der Waals surface area contributed by atoms with Crippen LogP contribution in [0.4, 0.5) is 0 Å². The second-order valence-corrected chi connectivity index (χ2v) is 7.02. The van der Waals surface area contributed by atoms with Crippen LogP contribution in [0.3, 0.4) is 0 Å². The van der Waals surface area contributed by atoms with Crippen LogP contribution in [0.2, 0.25) is 0 Å². The standard InChI is InChI=1S/C21H20N4O4/c1-11-17(25-21(29-11)12-6-3-2-4-7-12)20(28)24-16-9-5-8-15-13(16)10-14(18(22)26)19(27)23-15/h2-4,6-7,10,16H,5,8-9H2,1H3,(H2,22,26)(H,23,27)(H,24,28). The van der Waals surface area contributed by atoms with Gasteiger partial charge in [0.2, 0.25) is 5.89 Å². The fourth-order valence-electron chi connectivity index (χ4n) is 3.61. The SMILES string of the molecule is Cc1oc(-c2ccccc2)nc1C(=O)NC1CCCc2[nH]c(=O)c(C(N)=O)cc21. The zero-order chi connectivity index (χ0) is 20.5.